The molecule has 1 saturated heterocycles. The molecule has 1 aromatic rings. The first-order chi connectivity index (χ1) is 7.99. The van der Waals surface area contributed by atoms with Gasteiger partial charge in [0, 0.05) is 19.0 Å². The molecule has 0 saturated carbocycles. The molecule has 0 bridgehead atoms. The van der Waals surface area contributed by atoms with Gasteiger partial charge in [-0.3, -0.25) is 0 Å². The Morgan fingerprint density at radius 3 is 2.53 bits per heavy atom. The van der Waals surface area contributed by atoms with Gasteiger partial charge in [-0.25, -0.2) is 0 Å². The molecular weight excluding hydrogens is 233 g/mol. The fraction of sp³-hybridized carbons (Fsp3) is 0.364. The lowest BCUT2D eigenvalue weighted by Crippen LogP contribution is -2.39. The van der Waals surface area contributed by atoms with Gasteiger partial charge in [-0.1, -0.05) is 6.07 Å². The fourth-order valence-corrected chi connectivity index (χ4v) is 1.63. The summed E-state index contributed by atoms with van der Waals surface area (Å²) in [6.45, 7) is 1.56. The van der Waals surface area contributed by atoms with Crippen molar-refractivity contribution >= 4 is 0 Å². The minimum atomic E-state index is -4.77. The van der Waals surface area contributed by atoms with Crippen molar-refractivity contribution in [3.63, 3.8) is 0 Å². The van der Waals surface area contributed by atoms with Gasteiger partial charge < -0.3 is 10.1 Å². The first-order valence-electron chi connectivity index (χ1n) is 5.00. The van der Waals surface area contributed by atoms with Gasteiger partial charge in [0.2, 0.25) is 0 Å². The maximum atomic E-state index is 12.1. The van der Waals surface area contributed by atoms with Crippen molar-refractivity contribution in [2.24, 2.45) is 0 Å². The van der Waals surface area contributed by atoms with E-state index in [4.69, 9.17) is 5.26 Å². The van der Waals surface area contributed by atoms with Crippen molar-refractivity contribution in [3.8, 4) is 11.8 Å². The number of nitrogens with zero attached hydrogens (tertiary/aromatic N) is 1. The Bertz CT molecular complexity index is 461. The maximum Gasteiger partial charge on any atom is 0.573 e. The topological polar surface area (TPSA) is 45.0 Å². The van der Waals surface area contributed by atoms with Crippen molar-refractivity contribution in [2.45, 2.75) is 12.3 Å². The highest BCUT2D eigenvalue weighted by atomic mass is 19.4. The number of alkyl halides is 3. The van der Waals surface area contributed by atoms with E-state index in [0.29, 0.717) is 0 Å². The first kappa shape index (κ1) is 11.7. The Kier molecular flexibility index (Phi) is 2.94. The van der Waals surface area contributed by atoms with Crippen LogP contribution >= 0.6 is 0 Å². The number of halogens is 3. The second-order valence-electron chi connectivity index (χ2n) is 3.77. The van der Waals surface area contributed by atoms with E-state index in [1.165, 1.54) is 12.1 Å². The van der Waals surface area contributed by atoms with E-state index in [9.17, 15) is 13.2 Å². The zero-order valence-electron chi connectivity index (χ0n) is 8.71. The zero-order valence-corrected chi connectivity index (χ0v) is 8.71. The van der Waals surface area contributed by atoms with E-state index in [0.717, 1.165) is 18.7 Å². The van der Waals surface area contributed by atoms with Crippen LogP contribution in [0.3, 0.4) is 0 Å². The molecule has 0 aliphatic carbocycles. The van der Waals surface area contributed by atoms with E-state index in [1.807, 2.05) is 0 Å². The van der Waals surface area contributed by atoms with Crippen LogP contribution in [0.15, 0.2) is 18.2 Å². The van der Waals surface area contributed by atoms with E-state index >= 15 is 0 Å². The molecule has 0 amide bonds. The number of hydrogen-bond acceptors (Lipinski definition) is 3. The molecule has 0 atom stereocenters. The molecule has 2 rings (SSSR count). The molecule has 6 heteroatoms. The number of benzene rings is 1. The van der Waals surface area contributed by atoms with Crippen LogP contribution in [-0.2, 0) is 0 Å². The molecule has 17 heavy (non-hydrogen) atoms. The SMILES string of the molecule is N#Cc1cc(C2CNC2)ccc1OC(F)(F)F. The molecule has 0 unspecified atom stereocenters. The molecule has 1 fully saturated rings. The summed E-state index contributed by atoms with van der Waals surface area (Å²) in [5.41, 5.74) is 0.765. The highest BCUT2D eigenvalue weighted by molar-refractivity contribution is 5.46. The second-order valence-corrected chi connectivity index (χ2v) is 3.77. The van der Waals surface area contributed by atoms with Gasteiger partial charge in [0.05, 0.1) is 5.56 Å². The average molecular weight is 242 g/mol. The Balaban J connectivity index is 2.26. The smallest absolute Gasteiger partial charge is 0.404 e. The van der Waals surface area contributed by atoms with Crippen molar-refractivity contribution in [3.05, 3.63) is 29.3 Å². The number of ether oxygens (including phenoxy) is 1. The van der Waals surface area contributed by atoms with Crippen LogP contribution in [0.25, 0.3) is 0 Å². The van der Waals surface area contributed by atoms with Crippen LogP contribution in [0.1, 0.15) is 17.0 Å². The van der Waals surface area contributed by atoms with Gasteiger partial charge in [0.1, 0.15) is 11.8 Å². The zero-order chi connectivity index (χ0) is 12.5. The highest BCUT2D eigenvalue weighted by Crippen LogP contribution is 2.29. The average Bonchev–Trinajstić information content (AvgIpc) is 2.15. The van der Waals surface area contributed by atoms with Gasteiger partial charge in [-0.15, -0.1) is 13.2 Å². The van der Waals surface area contributed by atoms with Gasteiger partial charge in [0.15, 0.2) is 0 Å². The van der Waals surface area contributed by atoms with E-state index in [1.54, 1.807) is 12.1 Å². The molecule has 1 aliphatic rings. The summed E-state index contributed by atoms with van der Waals surface area (Å²) >= 11 is 0. The first-order valence-corrected chi connectivity index (χ1v) is 5.00. The molecule has 90 valence electrons. The number of nitriles is 1. The van der Waals surface area contributed by atoms with Crippen LogP contribution in [0, 0.1) is 11.3 Å². The van der Waals surface area contributed by atoms with Crippen molar-refractivity contribution < 1.29 is 17.9 Å². The van der Waals surface area contributed by atoms with Crippen LogP contribution in [0.5, 0.6) is 5.75 Å². The van der Waals surface area contributed by atoms with Crippen molar-refractivity contribution in [2.75, 3.05) is 13.1 Å². The highest BCUT2D eigenvalue weighted by Gasteiger charge is 2.32. The lowest BCUT2D eigenvalue weighted by atomic mass is 9.92. The van der Waals surface area contributed by atoms with E-state index < -0.39 is 12.1 Å². The maximum absolute atomic E-state index is 12.1. The van der Waals surface area contributed by atoms with Crippen molar-refractivity contribution in [1.82, 2.24) is 5.32 Å². The van der Waals surface area contributed by atoms with E-state index in [2.05, 4.69) is 10.1 Å². The van der Waals surface area contributed by atoms with E-state index in [-0.39, 0.29) is 11.5 Å². The molecule has 1 aliphatic heterocycles. The minimum absolute atomic E-state index is 0.0910. The number of rotatable bonds is 2. The molecular formula is C11H9F3N2O. The summed E-state index contributed by atoms with van der Waals surface area (Å²) in [6, 6.07) is 5.92. The Hall–Kier alpha value is -1.74. The summed E-state index contributed by atoms with van der Waals surface area (Å²) in [4.78, 5) is 0. The van der Waals surface area contributed by atoms with Crippen LogP contribution in [0.4, 0.5) is 13.2 Å². The summed E-state index contributed by atoms with van der Waals surface area (Å²) in [7, 11) is 0. The number of nitrogens with one attached hydrogen (secondary N) is 1. The van der Waals surface area contributed by atoms with Crippen LogP contribution in [0.2, 0.25) is 0 Å². The normalized spacial score (nSPS) is 16.1. The van der Waals surface area contributed by atoms with Gasteiger partial charge in [-0.2, -0.15) is 5.26 Å². The molecule has 1 N–H and O–H groups in total. The fourth-order valence-electron chi connectivity index (χ4n) is 1.63. The van der Waals surface area contributed by atoms with Crippen molar-refractivity contribution in [1.29, 1.82) is 5.26 Å². The molecule has 0 aromatic heterocycles. The third-order valence-electron chi connectivity index (χ3n) is 2.60. The number of hydrogen-bond donors (Lipinski definition) is 1. The minimum Gasteiger partial charge on any atom is -0.404 e. The third kappa shape index (κ3) is 2.68. The van der Waals surface area contributed by atoms with Crippen LogP contribution < -0.4 is 10.1 Å². The quantitative estimate of drug-likeness (QED) is 0.864. The Morgan fingerprint density at radius 2 is 2.06 bits per heavy atom. The summed E-state index contributed by atoms with van der Waals surface area (Å²) in [6.07, 6.45) is -4.77. The van der Waals surface area contributed by atoms with Gasteiger partial charge in [0.25, 0.3) is 0 Å². The molecule has 0 radical (unpaired) electrons. The summed E-state index contributed by atoms with van der Waals surface area (Å²) in [5.74, 6) is -0.182. The van der Waals surface area contributed by atoms with Crippen LogP contribution in [-0.4, -0.2) is 19.5 Å². The third-order valence-corrected chi connectivity index (χ3v) is 2.60. The Morgan fingerprint density at radius 1 is 1.35 bits per heavy atom. The lowest BCUT2D eigenvalue weighted by molar-refractivity contribution is -0.274. The molecule has 1 heterocycles. The lowest BCUT2D eigenvalue weighted by Gasteiger charge is -2.27. The molecule has 3 nitrogen and oxygen atoms in total. The standard InChI is InChI=1S/C11H9F3N2O/c12-11(13,14)17-10-2-1-7(3-8(10)4-15)9-5-16-6-9/h1-3,9,16H,5-6H2. The summed E-state index contributed by atoms with van der Waals surface area (Å²) < 4.78 is 39.9. The largest absolute Gasteiger partial charge is 0.573 e. The monoisotopic (exact) mass is 242 g/mol. The summed E-state index contributed by atoms with van der Waals surface area (Å²) in [5, 5.41) is 11.9. The second kappa shape index (κ2) is 4.26. The predicted octanol–water partition coefficient (Wildman–Crippen LogP) is 2.14. The van der Waals surface area contributed by atoms with Gasteiger partial charge >= 0.3 is 6.36 Å². The predicted molar refractivity (Wildman–Crippen MR) is 53.5 cm³/mol. The molecule has 0 spiro atoms. The molecule has 1 aromatic carbocycles. The van der Waals surface area contributed by atoms with Gasteiger partial charge in [-0.05, 0) is 17.7 Å². The Labute approximate surface area is 95.8 Å².